The number of piperazine rings is 1. The number of nitrogen functional groups attached to an aromatic ring is 1. The van der Waals surface area contributed by atoms with Crippen LogP contribution in [0, 0.1) is 5.82 Å². The number of benzene rings is 1. The highest BCUT2D eigenvalue weighted by molar-refractivity contribution is 6.58. The van der Waals surface area contributed by atoms with Crippen molar-refractivity contribution in [2.24, 2.45) is 0 Å². The molecule has 3 aromatic heterocycles. The van der Waals surface area contributed by atoms with Crippen LogP contribution in [0.1, 0.15) is 39.7 Å². The maximum atomic E-state index is 15.7. The molecule has 2 aliphatic rings. The average Bonchev–Trinajstić information content (AvgIpc) is 3.48. The molecule has 1 aliphatic carbocycles. The maximum Gasteiger partial charge on any atom is 0.251 e. The van der Waals surface area contributed by atoms with Crippen LogP contribution in [0.2, 0.25) is 0 Å². The van der Waals surface area contributed by atoms with Crippen molar-refractivity contribution in [3.8, 4) is 22.4 Å². The Hall–Kier alpha value is -4.02. The molecular weight excluding hydrogens is 519 g/mol. The number of hydrogen-bond acceptors (Lipinski definition) is 6. The Morgan fingerprint density at radius 2 is 1.78 bits per heavy atom. The smallest absolute Gasteiger partial charge is 0.251 e. The van der Waals surface area contributed by atoms with Gasteiger partial charge in [0.1, 0.15) is 54.6 Å². The number of aromatic nitrogens is 5. The van der Waals surface area contributed by atoms with Gasteiger partial charge in [-0.3, -0.25) is 14.3 Å². The Balaban J connectivity index is 1.52. The number of carbonyl (C=O) groups is 2. The lowest BCUT2D eigenvalue weighted by molar-refractivity contribution is -0.150. The standard InChI is InChI=1S/C26H31B4FN8O2/c1-13(40)39-24(2,3)23(41)37(25(27,28)26(39,29)30)20-8-14(4-7-18(20)31)19-9-17(21-22(32)33-12-35-38(19)21)15-10-34-36(11-15)16-5-6-16/h4,7-12,16H,5-6,27-30H2,1-3H3,(H2,32,33,35). The topological polar surface area (TPSA) is 115 Å². The number of nitrogens with two attached hydrogens (primary N) is 1. The number of anilines is 2. The molecule has 1 aromatic carbocycles. The molecule has 4 heterocycles. The highest BCUT2D eigenvalue weighted by Gasteiger charge is 2.60. The molecule has 0 radical (unpaired) electrons. The number of carbonyl (C=O) groups excluding carboxylic acids is 2. The summed E-state index contributed by atoms with van der Waals surface area (Å²) < 4.78 is 19.4. The van der Waals surface area contributed by atoms with E-state index in [1.807, 2.05) is 48.3 Å². The first kappa shape index (κ1) is 27.2. The van der Waals surface area contributed by atoms with Crippen LogP contribution in [0.3, 0.4) is 0 Å². The Morgan fingerprint density at radius 3 is 2.44 bits per heavy atom. The summed E-state index contributed by atoms with van der Waals surface area (Å²) in [4.78, 5) is 34.2. The molecule has 4 aromatic rings. The van der Waals surface area contributed by atoms with Crippen molar-refractivity contribution in [2.45, 2.75) is 55.9 Å². The summed E-state index contributed by atoms with van der Waals surface area (Å²) in [6.45, 7) is 4.87. The van der Waals surface area contributed by atoms with E-state index in [1.54, 1.807) is 41.6 Å². The third-order valence-electron chi connectivity index (χ3n) is 9.11. The zero-order valence-electron chi connectivity index (χ0n) is 24.4. The Labute approximate surface area is 241 Å². The van der Waals surface area contributed by atoms with Gasteiger partial charge in [-0.2, -0.15) is 10.2 Å². The molecule has 0 spiro atoms. The van der Waals surface area contributed by atoms with Crippen molar-refractivity contribution in [3.05, 3.63) is 48.8 Å². The lowest BCUT2D eigenvalue weighted by atomic mass is 9.35. The molecule has 41 heavy (non-hydrogen) atoms. The van der Waals surface area contributed by atoms with Crippen molar-refractivity contribution in [1.82, 2.24) is 29.3 Å². The van der Waals surface area contributed by atoms with Gasteiger partial charge >= 0.3 is 0 Å². The molecule has 1 saturated carbocycles. The number of halogens is 1. The molecule has 1 aliphatic heterocycles. The fourth-order valence-electron chi connectivity index (χ4n) is 6.42. The minimum absolute atomic E-state index is 0.127. The minimum Gasteiger partial charge on any atom is -0.382 e. The molecule has 0 unspecified atom stereocenters. The number of hydrogen-bond donors (Lipinski definition) is 1. The molecule has 6 rings (SSSR count). The van der Waals surface area contributed by atoms with Crippen molar-refractivity contribution >= 4 is 60.2 Å². The number of rotatable bonds is 4. The predicted octanol–water partition coefficient (Wildman–Crippen LogP) is -0.870. The predicted molar refractivity (Wildman–Crippen MR) is 166 cm³/mol. The largest absolute Gasteiger partial charge is 0.382 e. The van der Waals surface area contributed by atoms with Crippen LogP contribution >= 0.6 is 0 Å². The molecule has 10 nitrogen and oxygen atoms in total. The molecule has 2 amide bonds. The summed E-state index contributed by atoms with van der Waals surface area (Å²) in [7, 11) is 7.54. The molecule has 0 bridgehead atoms. The van der Waals surface area contributed by atoms with Gasteiger partial charge in [-0.25, -0.2) is 13.9 Å². The van der Waals surface area contributed by atoms with Crippen molar-refractivity contribution < 1.29 is 14.0 Å². The van der Waals surface area contributed by atoms with Crippen LogP contribution in [0.15, 0.2) is 43.0 Å². The van der Waals surface area contributed by atoms with E-state index in [1.165, 1.54) is 24.2 Å². The van der Waals surface area contributed by atoms with Crippen LogP contribution in [-0.4, -0.2) is 88.7 Å². The Kier molecular flexibility index (Phi) is 5.79. The quantitative estimate of drug-likeness (QED) is 0.331. The first-order chi connectivity index (χ1) is 19.2. The number of nitrogens with zero attached hydrogens (tertiary/aromatic N) is 7. The molecule has 2 fully saturated rings. The summed E-state index contributed by atoms with van der Waals surface area (Å²) in [5.41, 5.74) is 8.88. The van der Waals surface area contributed by atoms with E-state index in [-0.39, 0.29) is 17.5 Å². The fourth-order valence-corrected chi connectivity index (χ4v) is 6.42. The average molecular weight is 550 g/mol. The summed E-state index contributed by atoms with van der Waals surface area (Å²) in [5, 5.41) is 7.24. The Morgan fingerprint density at radius 1 is 1.07 bits per heavy atom. The van der Waals surface area contributed by atoms with Crippen LogP contribution in [0.5, 0.6) is 0 Å². The highest BCUT2D eigenvalue weighted by Crippen LogP contribution is 2.44. The fraction of sp³-hybridized carbons (Fsp3) is 0.346. The van der Waals surface area contributed by atoms with Crippen LogP contribution in [0.25, 0.3) is 27.9 Å². The van der Waals surface area contributed by atoms with Gasteiger partial charge in [0, 0.05) is 29.8 Å². The van der Waals surface area contributed by atoms with Gasteiger partial charge in [0.15, 0.2) is 5.82 Å². The second kappa shape index (κ2) is 8.74. The van der Waals surface area contributed by atoms with E-state index in [2.05, 4.69) is 15.2 Å². The normalized spacial score (nSPS) is 19.6. The van der Waals surface area contributed by atoms with Gasteiger partial charge in [0.05, 0.1) is 23.6 Å². The van der Waals surface area contributed by atoms with Gasteiger partial charge in [-0.1, -0.05) is 0 Å². The SMILES string of the molecule is BC1(B)N(c2cc(-c3cc(-c4cnn(C5CC5)c4)c4c(N)ncnn34)ccc2F)C(=O)C(C)(C)N(C(C)=O)C1(B)B. The summed E-state index contributed by atoms with van der Waals surface area (Å²) in [6, 6.07) is 7.06. The highest BCUT2D eigenvalue weighted by atomic mass is 19.1. The summed E-state index contributed by atoms with van der Waals surface area (Å²) in [5.74, 6) is -0.820. The van der Waals surface area contributed by atoms with Crippen molar-refractivity contribution in [3.63, 3.8) is 0 Å². The van der Waals surface area contributed by atoms with Gasteiger partial charge < -0.3 is 15.5 Å². The zero-order chi connectivity index (χ0) is 29.6. The van der Waals surface area contributed by atoms with E-state index in [9.17, 15) is 9.59 Å². The second-order valence-corrected chi connectivity index (χ2v) is 12.6. The van der Waals surface area contributed by atoms with E-state index >= 15 is 4.39 Å². The monoisotopic (exact) mass is 550 g/mol. The van der Waals surface area contributed by atoms with E-state index < -0.39 is 22.0 Å². The van der Waals surface area contributed by atoms with Crippen molar-refractivity contribution in [1.29, 1.82) is 0 Å². The number of amides is 2. The zero-order valence-corrected chi connectivity index (χ0v) is 24.4. The van der Waals surface area contributed by atoms with Gasteiger partial charge in [0.2, 0.25) is 5.91 Å². The molecule has 15 heteroatoms. The molecule has 2 N–H and O–H groups in total. The van der Waals surface area contributed by atoms with Crippen LogP contribution < -0.4 is 10.6 Å². The minimum atomic E-state index is -1.20. The Bertz CT molecular complexity index is 1750. The van der Waals surface area contributed by atoms with E-state index in [0.29, 0.717) is 28.6 Å². The van der Waals surface area contributed by atoms with E-state index in [4.69, 9.17) is 5.73 Å². The molecule has 0 atom stereocenters. The summed E-state index contributed by atoms with van der Waals surface area (Å²) in [6.07, 6.45) is 7.40. The molecular formula is C26H31B4FN8O2. The second-order valence-electron chi connectivity index (χ2n) is 12.6. The van der Waals surface area contributed by atoms with Crippen molar-refractivity contribution in [2.75, 3.05) is 10.6 Å². The molecule has 206 valence electrons. The van der Waals surface area contributed by atoms with Gasteiger partial charge in [-0.15, -0.1) is 0 Å². The third kappa shape index (κ3) is 3.84. The van der Waals surface area contributed by atoms with Gasteiger partial charge in [-0.05, 0) is 61.6 Å². The van der Waals surface area contributed by atoms with Crippen LogP contribution in [-0.2, 0) is 9.59 Å². The first-order valence-corrected chi connectivity index (χ1v) is 13.8. The van der Waals surface area contributed by atoms with Gasteiger partial charge in [0.25, 0.3) is 5.91 Å². The number of fused-ring (bicyclic) bond motifs is 1. The molecule has 1 saturated heterocycles. The maximum absolute atomic E-state index is 15.7. The third-order valence-corrected chi connectivity index (χ3v) is 9.11. The van der Waals surface area contributed by atoms with Crippen LogP contribution in [0.4, 0.5) is 15.9 Å². The lowest BCUT2D eigenvalue weighted by Gasteiger charge is -2.64. The lowest BCUT2D eigenvalue weighted by Crippen LogP contribution is -2.85. The first-order valence-electron chi connectivity index (χ1n) is 13.8. The summed E-state index contributed by atoms with van der Waals surface area (Å²) >= 11 is 0. The van der Waals surface area contributed by atoms with E-state index in [0.717, 1.165) is 24.0 Å².